The van der Waals surface area contributed by atoms with Crippen LogP contribution in [-0.2, 0) is 4.84 Å². The lowest BCUT2D eigenvalue weighted by Gasteiger charge is -2.27. The minimum atomic E-state index is -0.586. The number of rotatable bonds is 3. The number of carbonyl (C=O) groups excluding carboxylic acids is 1. The van der Waals surface area contributed by atoms with Crippen LogP contribution in [0.4, 0.5) is 11.4 Å². The van der Waals surface area contributed by atoms with Crippen LogP contribution in [0, 0.1) is 6.92 Å². The summed E-state index contributed by atoms with van der Waals surface area (Å²) in [6.45, 7) is 6.20. The molecule has 0 spiro atoms. The number of fused-ring (bicyclic) bond motifs is 3. The molecule has 0 radical (unpaired) electrons. The quantitative estimate of drug-likeness (QED) is 0.296. The molecule has 0 bridgehead atoms. The molecule has 0 saturated carbocycles. The van der Waals surface area contributed by atoms with Crippen molar-refractivity contribution < 1.29 is 9.63 Å². The first-order valence-electron chi connectivity index (χ1n) is 9.46. The number of aromatic nitrogens is 3. The second kappa shape index (κ2) is 7.79. The average Bonchev–Trinajstić information content (AvgIpc) is 3.06. The number of nitrogens with zero attached hydrogens (tertiary/aromatic N) is 5. The fourth-order valence-electron chi connectivity index (χ4n) is 3.54. The number of aryl methyl sites for hydroxylation is 1. The predicted octanol–water partition coefficient (Wildman–Crippen LogP) is 3.93. The summed E-state index contributed by atoms with van der Waals surface area (Å²) in [5.74, 6) is 1.31. The number of halogens is 1. The lowest BCUT2D eigenvalue weighted by Crippen LogP contribution is -2.22. The Bertz CT molecular complexity index is 1130. The number of nitrogens with two attached hydrogens (primary N) is 1. The van der Waals surface area contributed by atoms with E-state index in [1.807, 2.05) is 41.8 Å². The van der Waals surface area contributed by atoms with Gasteiger partial charge in [-0.2, -0.15) is 0 Å². The van der Waals surface area contributed by atoms with Gasteiger partial charge in [-0.1, -0.05) is 23.7 Å². The fraction of sp³-hybridized carbons (Fsp3) is 0.238. The number of benzene rings is 2. The van der Waals surface area contributed by atoms with E-state index >= 15 is 0 Å². The van der Waals surface area contributed by atoms with Crippen molar-refractivity contribution in [2.24, 2.45) is 10.9 Å². The van der Waals surface area contributed by atoms with Gasteiger partial charge in [-0.15, -0.1) is 10.2 Å². The number of anilines is 2. The summed E-state index contributed by atoms with van der Waals surface area (Å²) in [4.78, 5) is 19.5. The summed E-state index contributed by atoms with van der Waals surface area (Å²) in [6.07, 6.45) is 0. The van der Waals surface area contributed by atoms with E-state index in [-0.39, 0.29) is 11.8 Å². The molecule has 0 fully saturated rings. The normalized spacial score (nSPS) is 15.9. The molecule has 0 saturated heterocycles. The zero-order chi connectivity index (χ0) is 21.4. The van der Waals surface area contributed by atoms with Crippen LogP contribution in [0.15, 0.2) is 47.6 Å². The van der Waals surface area contributed by atoms with Crippen molar-refractivity contribution >= 4 is 34.8 Å². The first-order valence-corrected chi connectivity index (χ1v) is 9.84. The molecule has 154 valence electrons. The van der Waals surface area contributed by atoms with Crippen molar-refractivity contribution in [1.29, 1.82) is 0 Å². The van der Waals surface area contributed by atoms with Crippen molar-refractivity contribution in [3.05, 3.63) is 64.7 Å². The zero-order valence-corrected chi connectivity index (χ0v) is 17.6. The molecule has 1 aliphatic heterocycles. The van der Waals surface area contributed by atoms with Crippen LogP contribution in [0.25, 0.3) is 5.69 Å². The van der Waals surface area contributed by atoms with Crippen LogP contribution in [-0.4, -0.2) is 33.1 Å². The van der Waals surface area contributed by atoms with Crippen LogP contribution in [0.2, 0.25) is 5.02 Å². The Labute approximate surface area is 178 Å². The number of amidine groups is 1. The summed E-state index contributed by atoms with van der Waals surface area (Å²) in [5, 5.41) is 12.9. The number of hydrogen-bond acceptors (Lipinski definition) is 6. The van der Waals surface area contributed by atoms with Crippen molar-refractivity contribution in [1.82, 2.24) is 14.8 Å². The van der Waals surface area contributed by atoms with Gasteiger partial charge in [0, 0.05) is 23.2 Å². The number of hydrogen-bond donors (Lipinski definition) is 1. The third-order valence-corrected chi connectivity index (χ3v) is 5.15. The van der Waals surface area contributed by atoms with Crippen LogP contribution >= 0.6 is 11.6 Å². The highest BCUT2D eigenvalue weighted by molar-refractivity contribution is 6.30. The molecule has 1 aromatic heterocycles. The Kier molecular flexibility index (Phi) is 5.17. The molecule has 9 heteroatoms. The van der Waals surface area contributed by atoms with Gasteiger partial charge in [0.1, 0.15) is 17.5 Å². The van der Waals surface area contributed by atoms with Crippen LogP contribution in [0.1, 0.15) is 41.8 Å². The molecule has 0 aliphatic carbocycles. The van der Waals surface area contributed by atoms with Gasteiger partial charge in [0.25, 0.3) is 0 Å². The summed E-state index contributed by atoms with van der Waals surface area (Å²) >= 11 is 6.09. The van der Waals surface area contributed by atoms with Crippen molar-refractivity contribution in [2.45, 2.75) is 26.7 Å². The van der Waals surface area contributed by atoms with Gasteiger partial charge in [0.05, 0.1) is 16.9 Å². The molecule has 30 heavy (non-hydrogen) atoms. The van der Waals surface area contributed by atoms with Gasteiger partial charge >= 0.3 is 5.97 Å². The van der Waals surface area contributed by atoms with E-state index in [2.05, 4.69) is 27.2 Å². The molecule has 0 unspecified atom stereocenters. The van der Waals surface area contributed by atoms with E-state index in [0.717, 1.165) is 28.7 Å². The van der Waals surface area contributed by atoms with E-state index in [4.69, 9.17) is 22.2 Å². The summed E-state index contributed by atoms with van der Waals surface area (Å²) in [5.41, 5.74) is 8.48. The molecule has 2 N–H and O–H groups in total. The Hall–Kier alpha value is -3.39. The zero-order valence-electron chi connectivity index (χ0n) is 16.8. The van der Waals surface area contributed by atoms with Gasteiger partial charge in [-0.25, -0.2) is 4.79 Å². The SMILES string of the molecule is CC(N)=NOC(=O)c1ccc2c(c1)N(c1ccc(Cl)cc1)C[C@@H](C)c1nnc(C)n1-2. The Morgan fingerprint density at radius 3 is 2.63 bits per heavy atom. The molecule has 4 rings (SSSR count). The average molecular weight is 425 g/mol. The number of oxime groups is 1. The highest BCUT2D eigenvalue weighted by atomic mass is 35.5. The molecule has 1 atom stereocenters. The fourth-order valence-corrected chi connectivity index (χ4v) is 3.66. The second-order valence-electron chi connectivity index (χ2n) is 7.24. The lowest BCUT2D eigenvalue weighted by molar-refractivity contribution is 0.0515. The Balaban J connectivity index is 1.88. The largest absolute Gasteiger partial charge is 0.385 e. The van der Waals surface area contributed by atoms with E-state index in [9.17, 15) is 4.79 Å². The summed E-state index contributed by atoms with van der Waals surface area (Å²) in [6, 6.07) is 12.9. The Morgan fingerprint density at radius 1 is 1.20 bits per heavy atom. The predicted molar refractivity (Wildman–Crippen MR) is 116 cm³/mol. The Morgan fingerprint density at radius 2 is 1.93 bits per heavy atom. The maximum atomic E-state index is 12.5. The minimum absolute atomic E-state index is 0.0918. The standard InChI is InChI=1S/C21H21ClN6O2/c1-12-11-27(17-7-5-16(22)6-8-17)19-10-15(21(29)30-26-13(2)23)4-9-18(19)28-14(3)24-25-20(12)28/h4-10,12H,11H2,1-3H3,(H2,23,26)/t12-/m1/s1. The molecule has 1 aliphatic rings. The first-order chi connectivity index (χ1) is 14.3. The molecule has 0 amide bonds. The van der Waals surface area contributed by atoms with Gasteiger partial charge in [-0.3, -0.25) is 4.57 Å². The van der Waals surface area contributed by atoms with Gasteiger partial charge in [-0.05, 0) is 56.3 Å². The third-order valence-electron chi connectivity index (χ3n) is 4.90. The number of carbonyl (C=O) groups is 1. The molecule has 2 aromatic carbocycles. The lowest BCUT2D eigenvalue weighted by atomic mass is 10.1. The van der Waals surface area contributed by atoms with E-state index < -0.39 is 5.97 Å². The van der Waals surface area contributed by atoms with Crippen molar-refractivity contribution in [2.75, 3.05) is 11.4 Å². The maximum absolute atomic E-state index is 12.5. The molecule has 8 nitrogen and oxygen atoms in total. The first kappa shape index (κ1) is 19.9. The van der Waals surface area contributed by atoms with Gasteiger partial charge < -0.3 is 15.5 Å². The van der Waals surface area contributed by atoms with Gasteiger partial charge in [0.15, 0.2) is 0 Å². The molecular formula is C21H21ClN6O2. The van der Waals surface area contributed by atoms with Gasteiger partial charge in [0.2, 0.25) is 0 Å². The van der Waals surface area contributed by atoms with Crippen LogP contribution < -0.4 is 10.6 Å². The minimum Gasteiger partial charge on any atom is -0.385 e. The monoisotopic (exact) mass is 424 g/mol. The highest BCUT2D eigenvalue weighted by Gasteiger charge is 2.29. The summed E-state index contributed by atoms with van der Waals surface area (Å²) < 4.78 is 2.02. The van der Waals surface area contributed by atoms with Crippen molar-refractivity contribution in [3.63, 3.8) is 0 Å². The van der Waals surface area contributed by atoms with Crippen LogP contribution in [0.3, 0.4) is 0 Å². The van der Waals surface area contributed by atoms with E-state index in [1.165, 1.54) is 0 Å². The third kappa shape index (κ3) is 3.61. The molecular weight excluding hydrogens is 404 g/mol. The smallest absolute Gasteiger partial charge is 0.365 e. The second-order valence-corrected chi connectivity index (χ2v) is 7.68. The van der Waals surface area contributed by atoms with E-state index in [1.54, 1.807) is 19.1 Å². The van der Waals surface area contributed by atoms with Crippen LogP contribution in [0.5, 0.6) is 0 Å². The van der Waals surface area contributed by atoms with Crippen molar-refractivity contribution in [3.8, 4) is 5.69 Å². The summed E-state index contributed by atoms with van der Waals surface area (Å²) in [7, 11) is 0. The molecule has 3 aromatic rings. The topological polar surface area (TPSA) is 98.6 Å². The molecule has 2 heterocycles. The van der Waals surface area contributed by atoms with E-state index in [0.29, 0.717) is 17.1 Å². The maximum Gasteiger partial charge on any atom is 0.365 e. The highest BCUT2D eigenvalue weighted by Crippen LogP contribution is 2.39.